The van der Waals surface area contributed by atoms with Gasteiger partial charge in [0.15, 0.2) is 0 Å². The maximum atomic E-state index is 11.3. The summed E-state index contributed by atoms with van der Waals surface area (Å²) in [5.74, 6) is 0. The minimum atomic E-state index is -0.114. The predicted molar refractivity (Wildman–Crippen MR) is 217 cm³/mol. The first-order valence-electron chi connectivity index (χ1n) is 17.9. The monoisotopic (exact) mass is 670 g/mol. The summed E-state index contributed by atoms with van der Waals surface area (Å²) >= 11 is 0. The highest BCUT2D eigenvalue weighted by atomic mass is 16.1. The quantitative estimate of drug-likeness (QED) is 0.158. The van der Waals surface area contributed by atoms with E-state index in [4.69, 9.17) is 0 Å². The summed E-state index contributed by atoms with van der Waals surface area (Å²) in [5, 5.41) is 1.24. The number of anilines is 3. The average Bonchev–Trinajstić information content (AvgIpc) is 3.62. The molecule has 3 heteroatoms. The number of hydrogen-bond donors (Lipinski definition) is 0. The van der Waals surface area contributed by atoms with Gasteiger partial charge in [0, 0.05) is 51.6 Å². The Morgan fingerprint density at radius 3 is 1.77 bits per heavy atom. The molecule has 1 heterocycles. The minimum Gasteiger partial charge on any atom is -0.343 e. The summed E-state index contributed by atoms with van der Waals surface area (Å²) in [6.45, 7) is 4.67. The Morgan fingerprint density at radius 2 is 1.08 bits per heavy atom. The summed E-state index contributed by atoms with van der Waals surface area (Å²) in [6.07, 6.45) is 0.884. The van der Waals surface area contributed by atoms with Crippen molar-refractivity contribution in [2.45, 2.75) is 19.3 Å². The second-order valence-corrected chi connectivity index (χ2v) is 14.2. The third-order valence-electron chi connectivity index (χ3n) is 10.9. The van der Waals surface area contributed by atoms with Gasteiger partial charge in [-0.1, -0.05) is 141 Å². The van der Waals surface area contributed by atoms with E-state index in [1.54, 1.807) is 0 Å². The molecule has 0 spiro atoms. The van der Waals surface area contributed by atoms with Gasteiger partial charge in [0.25, 0.3) is 0 Å². The number of fused-ring (bicyclic) bond motifs is 4. The number of aldehydes is 1. The van der Waals surface area contributed by atoms with E-state index in [9.17, 15) is 4.79 Å². The molecule has 8 aromatic rings. The molecule has 0 saturated carbocycles. The third kappa shape index (κ3) is 5.08. The Hall–Kier alpha value is -6.45. The number of para-hydroxylation sites is 1. The van der Waals surface area contributed by atoms with Crippen molar-refractivity contribution in [2.24, 2.45) is 7.05 Å². The molecule has 0 fully saturated rings. The highest BCUT2D eigenvalue weighted by molar-refractivity contribution is 6.04. The second-order valence-electron chi connectivity index (χ2n) is 14.2. The van der Waals surface area contributed by atoms with E-state index in [1.165, 1.54) is 55.5 Å². The zero-order valence-electron chi connectivity index (χ0n) is 29.5. The number of nitrogens with zero attached hydrogens (tertiary/aromatic N) is 2. The Kier molecular flexibility index (Phi) is 7.52. The van der Waals surface area contributed by atoms with Gasteiger partial charge in [-0.15, -0.1) is 0 Å². The van der Waals surface area contributed by atoms with Crippen molar-refractivity contribution in [1.82, 2.24) is 4.57 Å². The van der Waals surface area contributed by atoms with Crippen LogP contribution in [0.2, 0.25) is 0 Å². The molecular formula is C49H38N2O. The fourth-order valence-electron chi connectivity index (χ4n) is 8.23. The van der Waals surface area contributed by atoms with Gasteiger partial charge in [0.1, 0.15) is 6.29 Å². The molecule has 1 aliphatic carbocycles. The summed E-state index contributed by atoms with van der Waals surface area (Å²) < 4.78 is 2.32. The molecule has 0 atom stereocenters. The highest BCUT2D eigenvalue weighted by Crippen LogP contribution is 2.51. The van der Waals surface area contributed by atoms with Crippen molar-refractivity contribution >= 4 is 34.3 Å². The van der Waals surface area contributed by atoms with Crippen LogP contribution in [0, 0.1) is 0 Å². The maximum absolute atomic E-state index is 11.3. The molecule has 3 nitrogen and oxygen atoms in total. The number of rotatable bonds is 7. The van der Waals surface area contributed by atoms with Crippen LogP contribution in [0.25, 0.3) is 55.5 Å². The molecular weight excluding hydrogens is 633 g/mol. The van der Waals surface area contributed by atoms with Gasteiger partial charge in [-0.05, 0) is 87.0 Å². The van der Waals surface area contributed by atoms with Gasteiger partial charge >= 0.3 is 0 Å². The molecule has 0 aliphatic heterocycles. The normalized spacial score (nSPS) is 12.8. The van der Waals surface area contributed by atoms with Crippen LogP contribution in [0.1, 0.15) is 35.3 Å². The largest absolute Gasteiger partial charge is 0.343 e. The number of carbonyl (C=O) groups is 1. The van der Waals surface area contributed by atoms with E-state index in [2.05, 4.69) is 176 Å². The van der Waals surface area contributed by atoms with E-state index >= 15 is 0 Å². The van der Waals surface area contributed by atoms with Crippen molar-refractivity contribution in [2.75, 3.05) is 4.90 Å². The van der Waals surface area contributed by atoms with Crippen LogP contribution in [0.15, 0.2) is 170 Å². The Morgan fingerprint density at radius 1 is 0.519 bits per heavy atom. The van der Waals surface area contributed by atoms with E-state index in [-0.39, 0.29) is 5.41 Å². The minimum absolute atomic E-state index is 0.114. The van der Waals surface area contributed by atoms with Crippen molar-refractivity contribution < 1.29 is 4.79 Å². The lowest BCUT2D eigenvalue weighted by Crippen LogP contribution is -2.16. The fraction of sp³-hybridized carbons (Fsp3) is 0.0816. The molecule has 7 aromatic carbocycles. The van der Waals surface area contributed by atoms with Gasteiger partial charge in [-0.25, -0.2) is 0 Å². The third-order valence-corrected chi connectivity index (χ3v) is 10.9. The zero-order chi connectivity index (χ0) is 35.4. The topological polar surface area (TPSA) is 25.2 Å². The van der Waals surface area contributed by atoms with Crippen molar-refractivity contribution in [1.29, 1.82) is 0 Å². The van der Waals surface area contributed by atoms with Crippen LogP contribution >= 0.6 is 0 Å². The lowest BCUT2D eigenvalue weighted by atomic mass is 9.82. The first kappa shape index (κ1) is 31.5. The van der Waals surface area contributed by atoms with Gasteiger partial charge < -0.3 is 9.47 Å². The molecule has 52 heavy (non-hydrogen) atoms. The number of aromatic nitrogens is 1. The summed E-state index contributed by atoms with van der Waals surface area (Å²) in [4.78, 5) is 13.6. The van der Waals surface area contributed by atoms with Gasteiger partial charge in [-0.3, -0.25) is 4.79 Å². The second kappa shape index (κ2) is 12.4. The predicted octanol–water partition coefficient (Wildman–Crippen LogP) is 12.8. The summed E-state index contributed by atoms with van der Waals surface area (Å²) in [5.41, 5.74) is 17.4. The van der Waals surface area contributed by atoms with Gasteiger partial charge in [-0.2, -0.15) is 0 Å². The molecule has 0 N–H and O–H groups in total. The van der Waals surface area contributed by atoms with E-state index < -0.39 is 0 Å². The molecule has 1 aliphatic rings. The Bertz CT molecular complexity index is 2590. The molecule has 250 valence electrons. The van der Waals surface area contributed by atoms with Crippen LogP contribution in [-0.4, -0.2) is 10.9 Å². The number of benzene rings is 7. The summed E-state index contributed by atoms with van der Waals surface area (Å²) in [6, 6.07) is 60.6. The first-order chi connectivity index (χ1) is 25.4. The molecule has 0 saturated heterocycles. The molecule has 0 unspecified atom stereocenters. The number of aryl methyl sites for hydroxylation is 1. The lowest BCUT2D eigenvalue weighted by molar-refractivity contribution is 0.112. The van der Waals surface area contributed by atoms with Crippen molar-refractivity contribution in [3.8, 4) is 44.6 Å². The summed E-state index contributed by atoms with van der Waals surface area (Å²) in [7, 11) is 2.16. The zero-order valence-corrected chi connectivity index (χ0v) is 29.5. The lowest BCUT2D eigenvalue weighted by Gasteiger charge is -2.28. The van der Waals surface area contributed by atoms with Crippen LogP contribution in [0.3, 0.4) is 0 Å². The Labute approximate surface area is 305 Å². The van der Waals surface area contributed by atoms with E-state index in [0.29, 0.717) is 5.56 Å². The van der Waals surface area contributed by atoms with Crippen LogP contribution < -0.4 is 4.90 Å². The average molecular weight is 671 g/mol. The van der Waals surface area contributed by atoms with Crippen LogP contribution in [0.5, 0.6) is 0 Å². The molecule has 0 amide bonds. The highest BCUT2D eigenvalue weighted by Gasteiger charge is 2.35. The van der Waals surface area contributed by atoms with Crippen LogP contribution in [0.4, 0.5) is 17.1 Å². The SMILES string of the molecule is Cn1c(-c2ccccc2)c(-c2ccc(N(c3ccc(-c4ccc(C=O)cc4)cc3)c3ccc4c(c3)C(C)(C)c3ccccc3-4)cc2)c2ccccc21. The molecule has 1 aromatic heterocycles. The van der Waals surface area contributed by atoms with Crippen molar-refractivity contribution in [3.05, 3.63) is 187 Å². The molecule has 0 bridgehead atoms. The van der Waals surface area contributed by atoms with Gasteiger partial charge in [0.05, 0.1) is 5.69 Å². The number of hydrogen-bond acceptors (Lipinski definition) is 2. The van der Waals surface area contributed by atoms with Gasteiger partial charge in [0.2, 0.25) is 0 Å². The Balaban J connectivity index is 1.17. The fourth-order valence-corrected chi connectivity index (χ4v) is 8.23. The molecule has 9 rings (SSSR count). The maximum Gasteiger partial charge on any atom is 0.150 e. The first-order valence-corrected chi connectivity index (χ1v) is 17.9. The number of carbonyl (C=O) groups excluding carboxylic acids is 1. The van der Waals surface area contributed by atoms with E-state index in [0.717, 1.165) is 34.5 Å². The molecule has 0 radical (unpaired) electrons. The van der Waals surface area contributed by atoms with E-state index in [1.807, 2.05) is 24.3 Å². The standard InChI is InChI=1S/C49H38N2O/c1-49(2)44-15-9-7-13-41(44)42-30-29-40(31-45(42)49)51(38-25-21-35(22-26-38)34-19-17-33(32-52)18-20-34)39-27-23-36(24-28-39)47-43-14-8-10-16-46(43)50(3)48(47)37-11-5-4-6-12-37/h4-32H,1-3H3. The van der Waals surface area contributed by atoms with Crippen molar-refractivity contribution in [3.63, 3.8) is 0 Å². The smallest absolute Gasteiger partial charge is 0.150 e. The van der Waals surface area contributed by atoms with Crippen LogP contribution in [-0.2, 0) is 12.5 Å².